The Labute approximate surface area is 179 Å². The maximum absolute atomic E-state index is 12.0. The number of benzene rings is 2. The Bertz CT molecular complexity index is 808. The number of ether oxygens (including phenoxy) is 2. The van der Waals surface area contributed by atoms with Gasteiger partial charge in [-0.2, -0.15) is 0 Å². The summed E-state index contributed by atoms with van der Waals surface area (Å²) in [6.07, 6.45) is 0. The molecule has 1 fully saturated rings. The van der Waals surface area contributed by atoms with Gasteiger partial charge in [-0.1, -0.05) is 23.7 Å². The van der Waals surface area contributed by atoms with E-state index in [1.54, 1.807) is 12.1 Å². The van der Waals surface area contributed by atoms with Crippen LogP contribution in [0.4, 0.5) is 5.69 Å². The van der Waals surface area contributed by atoms with Crippen LogP contribution < -0.4 is 5.32 Å². The molecule has 6 nitrogen and oxygen atoms in total. The first-order valence-corrected chi connectivity index (χ1v) is 10.7. The number of carbonyl (C=O) groups is 2. The highest BCUT2D eigenvalue weighted by Gasteiger charge is 2.11. The third kappa shape index (κ3) is 7.70. The summed E-state index contributed by atoms with van der Waals surface area (Å²) >= 11 is 7.16. The Morgan fingerprint density at radius 2 is 1.76 bits per heavy atom. The first-order valence-electron chi connectivity index (χ1n) is 9.31. The molecule has 3 rings (SSSR count). The molecule has 1 saturated heterocycles. The zero-order valence-electron chi connectivity index (χ0n) is 15.9. The summed E-state index contributed by atoms with van der Waals surface area (Å²) in [7, 11) is 0. The van der Waals surface area contributed by atoms with Crippen LogP contribution in [0.1, 0.15) is 5.56 Å². The molecule has 29 heavy (non-hydrogen) atoms. The molecule has 1 aliphatic rings. The summed E-state index contributed by atoms with van der Waals surface area (Å²) in [4.78, 5) is 27.1. The summed E-state index contributed by atoms with van der Waals surface area (Å²) in [5, 5.41) is 3.38. The number of amides is 1. The van der Waals surface area contributed by atoms with Crippen molar-refractivity contribution in [2.75, 3.05) is 44.0 Å². The van der Waals surface area contributed by atoms with Gasteiger partial charge in [0.05, 0.1) is 19.0 Å². The van der Waals surface area contributed by atoms with Crippen LogP contribution >= 0.6 is 23.4 Å². The second kappa shape index (κ2) is 11.2. The Morgan fingerprint density at radius 3 is 2.45 bits per heavy atom. The molecule has 0 bridgehead atoms. The van der Waals surface area contributed by atoms with Gasteiger partial charge in [0.2, 0.25) is 0 Å². The Morgan fingerprint density at radius 1 is 1.07 bits per heavy atom. The van der Waals surface area contributed by atoms with Crippen molar-refractivity contribution in [2.45, 2.75) is 11.4 Å². The quantitative estimate of drug-likeness (QED) is 0.507. The number of esters is 1. The number of halogens is 1. The van der Waals surface area contributed by atoms with Gasteiger partial charge >= 0.3 is 5.97 Å². The summed E-state index contributed by atoms with van der Waals surface area (Å²) in [5.74, 6) is -0.678. The van der Waals surface area contributed by atoms with Crippen LogP contribution in [0.2, 0.25) is 5.02 Å². The lowest BCUT2D eigenvalue weighted by Crippen LogP contribution is -2.35. The SMILES string of the molecule is O=C(COC(=O)CSc1ccc(Cl)cc1)Nc1ccc(CN2CCOCC2)cc1. The molecule has 1 heterocycles. The van der Waals surface area contributed by atoms with Crippen LogP contribution in [0, 0.1) is 0 Å². The van der Waals surface area contributed by atoms with Crippen molar-refractivity contribution in [3.05, 3.63) is 59.1 Å². The van der Waals surface area contributed by atoms with Gasteiger partial charge in [0.1, 0.15) is 0 Å². The van der Waals surface area contributed by atoms with Gasteiger partial charge in [-0.3, -0.25) is 14.5 Å². The summed E-state index contributed by atoms with van der Waals surface area (Å²) in [5.41, 5.74) is 1.85. The van der Waals surface area contributed by atoms with Gasteiger partial charge in [-0.05, 0) is 42.0 Å². The topological polar surface area (TPSA) is 67.9 Å². The van der Waals surface area contributed by atoms with Gasteiger partial charge in [-0.15, -0.1) is 11.8 Å². The smallest absolute Gasteiger partial charge is 0.316 e. The molecule has 1 aliphatic heterocycles. The van der Waals surface area contributed by atoms with E-state index in [0.717, 1.165) is 37.7 Å². The predicted molar refractivity (Wildman–Crippen MR) is 114 cm³/mol. The van der Waals surface area contributed by atoms with Crippen LogP contribution in [0.5, 0.6) is 0 Å². The Kier molecular flexibility index (Phi) is 8.37. The van der Waals surface area contributed by atoms with E-state index < -0.39 is 5.97 Å². The fourth-order valence-electron chi connectivity index (χ4n) is 2.77. The van der Waals surface area contributed by atoms with Crippen LogP contribution in [0.15, 0.2) is 53.4 Å². The summed E-state index contributed by atoms with van der Waals surface area (Å²) in [6.45, 7) is 3.95. The van der Waals surface area contributed by atoms with Crippen molar-refractivity contribution in [2.24, 2.45) is 0 Å². The van der Waals surface area contributed by atoms with E-state index in [4.69, 9.17) is 21.1 Å². The van der Waals surface area contributed by atoms with Crippen molar-refractivity contribution in [1.29, 1.82) is 0 Å². The van der Waals surface area contributed by atoms with Crippen molar-refractivity contribution < 1.29 is 19.1 Å². The minimum Gasteiger partial charge on any atom is -0.455 e. The molecule has 8 heteroatoms. The van der Waals surface area contributed by atoms with Gasteiger partial charge in [0.25, 0.3) is 5.91 Å². The van der Waals surface area contributed by atoms with E-state index in [1.165, 1.54) is 17.3 Å². The van der Waals surface area contributed by atoms with E-state index >= 15 is 0 Å². The number of hydrogen-bond donors (Lipinski definition) is 1. The summed E-state index contributed by atoms with van der Waals surface area (Å²) < 4.78 is 10.4. The molecule has 2 aromatic carbocycles. The molecule has 0 atom stereocenters. The maximum atomic E-state index is 12.0. The second-order valence-corrected chi connectivity index (χ2v) is 8.02. The molecular formula is C21H23ClN2O4S. The average Bonchev–Trinajstić information content (AvgIpc) is 2.74. The molecule has 0 aromatic heterocycles. The van der Waals surface area contributed by atoms with E-state index in [2.05, 4.69) is 10.2 Å². The molecule has 0 unspecified atom stereocenters. The number of anilines is 1. The van der Waals surface area contributed by atoms with Crippen molar-refractivity contribution in [1.82, 2.24) is 4.90 Å². The highest BCUT2D eigenvalue weighted by Crippen LogP contribution is 2.20. The number of thioether (sulfide) groups is 1. The van der Waals surface area contributed by atoms with Gasteiger partial charge in [-0.25, -0.2) is 0 Å². The lowest BCUT2D eigenvalue weighted by molar-refractivity contribution is -0.144. The number of carbonyl (C=O) groups excluding carboxylic acids is 2. The molecule has 0 spiro atoms. The second-order valence-electron chi connectivity index (χ2n) is 6.54. The van der Waals surface area contributed by atoms with Gasteiger partial charge in [0, 0.05) is 35.2 Å². The molecule has 0 radical (unpaired) electrons. The lowest BCUT2D eigenvalue weighted by atomic mass is 10.2. The van der Waals surface area contributed by atoms with Crippen molar-refractivity contribution in [3.8, 4) is 0 Å². The average molecular weight is 435 g/mol. The lowest BCUT2D eigenvalue weighted by Gasteiger charge is -2.26. The fourth-order valence-corrected chi connectivity index (χ4v) is 3.59. The van der Waals surface area contributed by atoms with Crippen LogP contribution in [0.25, 0.3) is 0 Å². The first-order chi connectivity index (χ1) is 14.1. The number of nitrogens with one attached hydrogen (secondary N) is 1. The minimum atomic E-state index is -0.444. The molecular weight excluding hydrogens is 412 g/mol. The third-order valence-corrected chi connectivity index (χ3v) is 5.52. The Balaban J connectivity index is 1.36. The molecule has 0 aliphatic carbocycles. The Hall–Kier alpha value is -2.06. The molecule has 0 saturated carbocycles. The van der Waals surface area contributed by atoms with E-state index in [9.17, 15) is 9.59 Å². The summed E-state index contributed by atoms with van der Waals surface area (Å²) in [6, 6.07) is 14.9. The zero-order chi connectivity index (χ0) is 20.5. The highest BCUT2D eigenvalue weighted by atomic mass is 35.5. The monoisotopic (exact) mass is 434 g/mol. The fraction of sp³-hybridized carbons (Fsp3) is 0.333. The van der Waals surface area contributed by atoms with E-state index in [0.29, 0.717) is 10.7 Å². The molecule has 1 N–H and O–H groups in total. The van der Waals surface area contributed by atoms with Crippen molar-refractivity contribution in [3.63, 3.8) is 0 Å². The number of rotatable bonds is 8. The maximum Gasteiger partial charge on any atom is 0.316 e. The van der Waals surface area contributed by atoms with Gasteiger partial charge < -0.3 is 14.8 Å². The van der Waals surface area contributed by atoms with Crippen LogP contribution in [0.3, 0.4) is 0 Å². The largest absolute Gasteiger partial charge is 0.455 e. The third-order valence-electron chi connectivity index (χ3n) is 4.28. The predicted octanol–water partition coefficient (Wildman–Crippen LogP) is 3.45. The number of morpholine rings is 1. The number of nitrogens with zero attached hydrogens (tertiary/aromatic N) is 1. The van der Waals surface area contributed by atoms with Crippen LogP contribution in [-0.2, 0) is 25.6 Å². The number of hydrogen-bond acceptors (Lipinski definition) is 6. The van der Waals surface area contributed by atoms with Crippen LogP contribution in [-0.4, -0.2) is 55.4 Å². The molecule has 1 amide bonds. The molecule has 2 aromatic rings. The highest BCUT2D eigenvalue weighted by molar-refractivity contribution is 8.00. The first kappa shape index (κ1) is 21.6. The van der Waals surface area contributed by atoms with Gasteiger partial charge in [0.15, 0.2) is 6.61 Å². The van der Waals surface area contributed by atoms with Crippen molar-refractivity contribution >= 4 is 40.9 Å². The minimum absolute atomic E-state index is 0.130. The van der Waals surface area contributed by atoms with E-state index in [-0.39, 0.29) is 18.3 Å². The zero-order valence-corrected chi connectivity index (χ0v) is 17.5. The van der Waals surface area contributed by atoms with E-state index in [1.807, 2.05) is 36.4 Å². The standard InChI is InChI=1S/C21H23ClN2O4S/c22-17-3-7-19(8-4-17)29-15-21(26)28-14-20(25)23-18-5-1-16(2-6-18)13-24-9-11-27-12-10-24/h1-8H,9-15H2,(H,23,25). The normalized spacial score (nSPS) is 14.4. The molecule has 154 valence electrons.